The lowest BCUT2D eigenvalue weighted by Crippen LogP contribution is -2.34. The Morgan fingerprint density at radius 1 is 1.12 bits per heavy atom. The monoisotopic (exact) mass is 374 g/mol. The first-order chi connectivity index (χ1) is 12.4. The lowest BCUT2D eigenvalue weighted by Gasteiger charge is -2.30. The molecule has 0 spiro atoms. The number of aldehydes is 1. The van der Waals surface area contributed by atoms with Crippen LogP contribution in [0, 0.1) is 16.9 Å². The Kier molecular flexibility index (Phi) is 9.11. The fourth-order valence-corrected chi connectivity index (χ4v) is 5.58. The van der Waals surface area contributed by atoms with E-state index in [4.69, 9.17) is 9.47 Å². The van der Waals surface area contributed by atoms with E-state index in [1.807, 2.05) is 24.3 Å². The highest BCUT2D eigenvalue weighted by atomic mass is 28.3. The van der Waals surface area contributed by atoms with Crippen molar-refractivity contribution in [2.45, 2.75) is 71.9 Å². The summed E-state index contributed by atoms with van der Waals surface area (Å²) < 4.78 is 11.3. The van der Waals surface area contributed by atoms with Gasteiger partial charge in [0.1, 0.15) is 20.1 Å². The van der Waals surface area contributed by atoms with Crippen molar-refractivity contribution in [2.75, 3.05) is 7.11 Å². The van der Waals surface area contributed by atoms with Gasteiger partial charge in [-0.25, -0.2) is 0 Å². The van der Waals surface area contributed by atoms with Crippen molar-refractivity contribution in [3.63, 3.8) is 0 Å². The molecule has 0 bridgehead atoms. The van der Waals surface area contributed by atoms with E-state index in [1.165, 1.54) is 18.1 Å². The topological polar surface area (TPSA) is 35.5 Å². The maximum atomic E-state index is 11.2. The molecular weight excluding hydrogens is 340 g/mol. The van der Waals surface area contributed by atoms with Gasteiger partial charge >= 0.3 is 0 Å². The standard InChI is InChI=1S/C22H34O3Si/c1-7-26(8-2,9-3)17-15-22(4,5)21(14-16-23)25-18-19-10-12-20(24-6)13-11-19/h10-13,16,21H,7-9,14,18H2,1-6H3/t21-/m0/s1. The van der Waals surface area contributed by atoms with Crippen molar-refractivity contribution in [3.05, 3.63) is 29.8 Å². The number of benzene rings is 1. The summed E-state index contributed by atoms with van der Waals surface area (Å²) in [5.74, 6) is 4.32. The van der Waals surface area contributed by atoms with Crippen LogP contribution in [0.3, 0.4) is 0 Å². The maximum absolute atomic E-state index is 11.2. The van der Waals surface area contributed by atoms with E-state index in [1.54, 1.807) is 7.11 Å². The van der Waals surface area contributed by atoms with Crippen LogP contribution in [0.2, 0.25) is 18.1 Å². The number of rotatable bonds is 10. The summed E-state index contributed by atoms with van der Waals surface area (Å²) >= 11 is 0. The van der Waals surface area contributed by atoms with Crippen LogP contribution < -0.4 is 4.74 Å². The van der Waals surface area contributed by atoms with Crippen molar-refractivity contribution < 1.29 is 14.3 Å². The smallest absolute Gasteiger partial charge is 0.137 e. The van der Waals surface area contributed by atoms with Crippen LogP contribution in [0.5, 0.6) is 5.75 Å². The van der Waals surface area contributed by atoms with Crippen LogP contribution in [-0.2, 0) is 16.1 Å². The van der Waals surface area contributed by atoms with Crippen molar-refractivity contribution >= 4 is 14.4 Å². The predicted molar refractivity (Wildman–Crippen MR) is 111 cm³/mol. The maximum Gasteiger partial charge on any atom is 0.137 e. The Balaban J connectivity index is 2.90. The average Bonchev–Trinajstić information content (AvgIpc) is 2.67. The van der Waals surface area contributed by atoms with Gasteiger partial charge in [0.2, 0.25) is 0 Å². The molecular formula is C22H34O3Si. The van der Waals surface area contributed by atoms with E-state index >= 15 is 0 Å². The zero-order chi connectivity index (χ0) is 19.6. The molecule has 0 radical (unpaired) electrons. The van der Waals surface area contributed by atoms with E-state index in [2.05, 4.69) is 46.1 Å². The zero-order valence-electron chi connectivity index (χ0n) is 17.2. The van der Waals surface area contributed by atoms with Gasteiger partial charge in [-0.3, -0.25) is 0 Å². The van der Waals surface area contributed by atoms with E-state index in [-0.39, 0.29) is 11.5 Å². The summed E-state index contributed by atoms with van der Waals surface area (Å²) in [7, 11) is 0.140. The highest BCUT2D eigenvalue weighted by Crippen LogP contribution is 2.27. The minimum Gasteiger partial charge on any atom is -0.497 e. The second-order valence-corrected chi connectivity index (χ2v) is 12.3. The molecule has 0 aromatic heterocycles. The van der Waals surface area contributed by atoms with Gasteiger partial charge in [-0.15, -0.1) is 11.5 Å². The molecule has 0 N–H and O–H groups in total. The fourth-order valence-electron chi connectivity index (χ4n) is 2.97. The van der Waals surface area contributed by atoms with Crippen LogP contribution in [-0.4, -0.2) is 27.6 Å². The van der Waals surface area contributed by atoms with E-state index < -0.39 is 8.07 Å². The summed E-state index contributed by atoms with van der Waals surface area (Å²) in [6.07, 6.45) is 1.08. The van der Waals surface area contributed by atoms with Crippen molar-refractivity contribution in [1.29, 1.82) is 0 Å². The number of hydrogen-bond acceptors (Lipinski definition) is 3. The number of hydrogen-bond donors (Lipinski definition) is 0. The molecule has 0 saturated carbocycles. The Hall–Kier alpha value is -1.57. The number of ether oxygens (including phenoxy) is 2. The molecule has 0 aliphatic heterocycles. The number of carbonyl (C=O) groups is 1. The summed E-state index contributed by atoms with van der Waals surface area (Å²) in [6.45, 7) is 11.4. The van der Waals surface area contributed by atoms with E-state index in [0.717, 1.165) is 17.6 Å². The third-order valence-electron chi connectivity index (χ3n) is 5.41. The van der Waals surface area contributed by atoms with Crippen molar-refractivity contribution in [1.82, 2.24) is 0 Å². The van der Waals surface area contributed by atoms with Gasteiger partial charge in [0.15, 0.2) is 0 Å². The van der Waals surface area contributed by atoms with Gasteiger partial charge in [-0.2, -0.15) is 0 Å². The Morgan fingerprint density at radius 2 is 1.69 bits per heavy atom. The molecule has 0 amide bonds. The second-order valence-electron chi connectivity index (χ2n) is 7.36. The molecule has 1 aromatic rings. The molecule has 144 valence electrons. The molecule has 0 aliphatic carbocycles. The first-order valence-electron chi connectivity index (χ1n) is 9.58. The molecule has 1 atom stereocenters. The fraction of sp³-hybridized carbons (Fsp3) is 0.591. The van der Waals surface area contributed by atoms with Crippen molar-refractivity contribution in [2.24, 2.45) is 5.41 Å². The number of methoxy groups -OCH3 is 1. The van der Waals surface area contributed by atoms with Gasteiger partial charge in [0.25, 0.3) is 0 Å². The summed E-state index contributed by atoms with van der Waals surface area (Å²) in [5.41, 5.74) is 4.36. The Labute approximate surface area is 160 Å². The quantitative estimate of drug-likeness (QED) is 0.319. The third-order valence-corrected chi connectivity index (χ3v) is 10.1. The van der Waals surface area contributed by atoms with E-state index in [9.17, 15) is 4.79 Å². The van der Waals surface area contributed by atoms with Crippen LogP contribution in [0.25, 0.3) is 0 Å². The van der Waals surface area contributed by atoms with E-state index in [0.29, 0.717) is 13.0 Å². The Morgan fingerprint density at radius 3 is 2.15 bits per heavy atom. The predicted octanol–water partition coefficient (Wildman–Crippen LogP) is 5.25. The molecule has 4 heteroatoms. The SMILES string of the molecule is CC[Si](C#CC(C)(C)[C@H](CC=O)OCc1ccc(OC)cc1)(CC)CC. The highest BCUT2D eigenvalue weighted by molar-refractivity contribution is 6.87. The number of carbonyl (C=O) groups excluding carboxylic acids is 1. The van der Waals surface area contributed by atoms with Gasteiger partial charge in [0.05, 0.1) is 25.2 Å². The van der Waals surface area contributed by atoms with Crippen LogP contribution in [0.1, 0.15) is 46.6 Å². The molecule has 0 heterocycles. The molecule has 3 nitrogen and oxygen atoms in total. The Bertz CT molecular complexity index is 598. The lowest BCUT2D eigenvalue weighted by molar-refractivity contribution is -0.112. The zero-order valence-corrected chi connectivity index (χ0v) is 18.2. The van der Waals surface area contributed by atoms with Crippen LogP contribution in [0.4, 0.5) is 0 Å². The summed E-state index contributed by atoms with van der Waals surface area (Å²) in [4.78, 5) is 11.2. The average molecular weight is 375 g/mol. The minimum absolute atomic E-state index is 0.216. The lowest BCUT2D eigenvalue weighted by atomic mass is 9.86. The summed E-state index contributed by atoms with van der Waals surface area (Å²) in [5, 5.41) is 0. The molecule has 0 unspecified atom stereocenters. The molecule has 0 aliphatic rings. The minimum atomic E-state index is -1.51. The van der Waals surface area contributed by atoms with Gasteiger partial charge in [0, 0.05) is 6.42 Å². The summed E-state index contributed by atoms with van der Waals surface area (Å²) in [6, 6.07) is 11.3. The van der Waals surface area contributed by atoms with Crippen LogP contribution >= 0.6 is 0 Å². The molecule has 26 heavy (non-hydrogen) atoms. The molecule has 0 fully saturated rings. The molecule has 0 saturated heterocycles. The van der Waals surface area contributed by atoms with Crippen molar-refractivity contribution in [3.8, 4) is 17.2 Å². The third kappa shape index (κ3) is 6.30. The highest BCUT2D eigenvalue weighted by Gasteiger charge is 2.30. The first kappa shape index (κ1) is 22.5. The van der Waals surface area contributed by atoms with Gasteiger partial charge in [-0.1, -0.05) is 32.9 Å². The molecule has 1 rings (SSSR count). The second kappa shape index (κ2) is 10.5. The first-order valence-corrected chi connectivity index (χ1v) is 12.2. The normalized spacial score (nSPS) is 12.8. The van der Waals surface area contributed by atoms with Crippen LogP contribution in [0.15, 0.2) is 24.3 Å². The van der Waals surface area contributed by atoms with Gasteiger partial charge in [-0.05, 0) is 49.7 Å². The molecule has 1 aromatic carbocycles. The largest absolute Gasteiger partial charge is 0.497 e. The van der Waals surface area contributed by atoms with Gasteiger partial charge < -0.3 is 14.3 Å².